The minimum atomic E-state index is -0.584. The first-order valence-electron chi connectivity index (χ1n) is 8.57. The molecule has 1 aromatic heterocycles. The molecule has 7 nitrogen and oxygen atoms in total. The lowest BCUT2D eigenvalue weighted by molar-refractivity contribution is 0.0972. The SMILES string of the molecule is CCNC(=NCc1ccc(C(N)=O)o1)NCCc1ccc(C)c(OC)c1. The first-order valence-corrected chi connectivity index (χ1v) is 8.57. The van der Waals surface area contributed by atoms with E-state index in [1.807, 2.05) is 13.8 Å². The van der Waals surface area contributed by atoms with Crippen LogP contribution >= 0.6 is 0 Å². The van der Waals surface area contributed by atoms with E-state index in [-0.39, 0.29) is 5.76 Å². The number of carbonyl (C=O) groups is 1. The number of aryl methyl sites for hydroxylation is 1. The Morgan fingerprint density at radius 3 is 2.73 bits per heavy atom. The highest BCUT2D eigenvalue weighted by Crippen LogP contribution is 2.19. The number of amides is 1. The van der Waals surface area contributed by atoms with Crippen molar-refractivity contribution in [1.82, 2.24) is 10.6 Å². The van der Waals surface area contributed by atoms with E-state index in [0.717, 1.165) is 30.8 Å². The van der Waals surface area contributed by atoms with Crippen molar-refractivity contribution in [2.75, 3.05) is 20.2 Å². The Balaban J connectivity index is 1.91. The zero-order valence-electron chi connectivity index (χ0n) is 15.5. The molecule has 4 N–H and O–H groups in total. The van der Waals surface area contributed by atoms with Crippen LogP contribution in [0.25, 0.3) is 0 Å². The smallest absolute Gasteiger partial charge is 0.284 e. The van der Waals surface area contributed by atoms with Crippen LogP contribution < -0.4 is 21.1 Å². The number of carbonyl (C=O) groups excluding carboxylic acids is 1. The first kappa shape index (κ1) is 19.4. The van der Waals surface area contributed by atoms with E-state index in [1.54, 1.807) is 19.2 Å². The van der Waals surface area contributed by atoms with Gasteiger partial charge in [0.2, 0.25) is 0 Å². The molecular formula is C19H26N4O3. The Labute approximate surface area is 153 Å². The molecule has 140 valence electrons. The Morgan fingerprint density at radius 1 is 1.27 bits per heavy atom. The van der Waals surface area contributed by atoms with Crippen molar-refractivity contribution in [3.8, 4) is 5.75 Å². The van der Waals surface area contributed by atoms with Gasteiger partial charge in [-0.05, 0) is 49.6 Å². The van der Waals surface area contributed by atoms with Crippen LogP contribution in [-0.2, 0) is 13.0 Å². The molecule has 0 aliphatic carbocycles. The largest absolute Gasteiger partial charge is 0.496 e. The fourth-order valence-corrected chi connectivity index (χ4v) is 2.44. The maximum atomic E-state index is 11.1. The minimum Gasteiger partial charge on any atom is -0.496 e. The van der Waals surface area contributed by atoms with E-state index in [0.29, 0.717) is 18.3 Å². The second-order valence-electron chi connectivity index (χ2n) is 5.81. The summed E-state index contributed by atoms with van der Waals surface area (Å²) in [4.78, 5) is 15.5. The van der Waals surface area contributed by atoms with Crippen molar-refractivity contribution in [2.45, 2.75) is 26.8 Å². The fourth-order valence-electron chi connectivity index (χ4n) is 2.44. The summed E-state index contributed by atoms with van der Waals surface area (Å²) in [6, 6.07) is 9.46. The third-order valence-corrected chi connectivity index (χ3v) is 3.82. The summed E-state index contributed by atoms with van der Waals surface area (Å²) in [7, 11) is 1.68. The summed E-state index contributed by atoms with van der Waals surface area (Å²) in [6.07, 6.45) is 0.841. The molecule has 26 heavy (non-hydrogen) atoms. The van der Waals surface area contributed by atoms with Gasteiger partial charge in [-0.3, -0.25) is 4.79 Å². The minimum absolute atomic E-state index is 0.140. The van der Waals surface area contributed by atoms with Gasteiger partial charge < -0.3 is 25.5 Å². The van der Waals surface area contributed by atoms with Gasteiger partial charge in [0, 0.05) is 13.1 Å². The van der Waals surface area contributed by atoms with E-state index in [4.69, 9.17) is 14.9 Å². The fraction of sp³-hybridized carbons (Fsp3) is 0.368. The molecule has 0 aliphatic heterocycles. The monoisotopic (exact) mass is 358 g/mol. The van der Waals surface area contributed by atoms with E-state index in [9.17, 15) is 4.79 Å². The summed E-state index contributed by atoms with van der Waals surface area (Å²) in [5, 5.41) is 6.47. The number of guanidine groups is 1. The number of hydrogen-bond donors (Lipinski definition) is 3. The van der Waals surface area contributed by atoms with Crippen molar-refractivity contribution in [3.05, 3.63) is 53.0 Å². The number of primary amides is 1. The zero-order valence-corrected chi connectivity index (χ0v) is 15.5. The van der Waals surface area contributed by atoms with E-state index in [1.165, 1.54) is 5.56 Å². The lowest BCUT2D eigenvalue weighted by Crippen LogP contribution is -2.38. The van der Waals surface area contributed by atoms with Crippen molar-refractivity contribution in [3.63, 3.8) is 0 Å². The molecule has 1 heterocycles. The van der Waals surface area contributed by atoms with Crippen molar-refractivity contribution < 1.29 is 13.9 Å². The van der Waals surface area contributed by atoms with Gasteiger partial charge in [-0.15, -0.1) is 0 Å². The molecule has 0 atom stereocenters. The first-order chi connectivity index (χ1) is 12.5. The number of ether oxygens (including phenoxy) is 1. The molecule has 2 rings (SSSR count). The number of rotatable bonds is 8. The molecular weight excluding hydrogens is 332 g/mol. The molecule has 0 bridgehead atoms. The van der Waals surface area contributed by atoms with Gasteiger partial charge in [0.15, 0.2) is 11.7 Å². The second kappa shape index (κ2) is 9.50. The maximum Gasteiger partial charge on any atom is 0.284 e. The third-order valence-electron chi connectivity index (χ3n) is 3.82. The van der Waals surface area contributed by atoms with Gasteiger partial charge in [0.05, 0.1) is 7.11 Å². The number of furan rings is 1. The number of aliphatic imine (C=N–C) groups is 1. The molecule has 7 heteroatoms. The summed E-state index contributed by atoms with van der Waals surface area (Å²) in [5.74, 6) is 1.72. The number of nitrogens with one attached hydrogen (secondary N) is 2. The van der Waals surface area contributed by atoms with Crippen molar-refractivity contribution >= 4 is 11.9 Å². The molecule has 2 aromatic rings. The molecule has 0 saturated heterocycles. The van der Waals surface area contributed by atoms with Crippen LogP contribution in [0, 0.1) is 6.92 Å². The number of nitrogens with zero attached hydrogens (tertiary/aromatic N) is 1. The van der Waals surface area contributed by atoms with Gasteiger partial charge in [-0.25, -0.2) is 4.99 Å². The number of nitrogens with two attached hydrogens (primary N) is 1. The van der Waals surface area contributed by atoms with E-state index in [2.05, 4.69) is 33.8 Å². The molecule has 0 aliphatic rings. The van der Waals surface area contributed by atoms with E-state index >= 15 is 0 Å². The highest BCUT2D eigenvalue weighted by atomic mass is 16.5. The number of benzene rings is 1. The van der Waals surface area contributed by atoms with Crippen LogP contribution in [0.4, 0.5) is 0 Å². The van der Waals surface area contributed by atoms with Gasteiger partial charge in [-0.1, -0.05) is 12.1 Å². The third kappa shape index (κ3) is 5.54. The van der Waals surface area contributed by atoms with Gasteiger partial charge in [-0.2, -0.15) is 0 Å². The van der Waals surface area contributed by atoms with Crippen molar-refractivity contribution in [1.29, 1.82) is 0 Å². The molecule has 0 radical (unpaired) electrons. The summed E-state index contributed by atoms with van der Waals surface area (Å²) >= 11 is 0. The lowest BCUT2D eigenvalue weighted by atomic mass is 10.1. The predicted octanol–water partition coefficient (Wildman–Crippen LogP) is 1.99. The summed E-state index contributed by atoms with van der Waals surface area (Å²) < 4.78 is 10.7. The molecule has 0 fully saturated rings. The maximum absolute atomic E-state index is 11.1. The lowest BCUT2D eigenvalue weighted by Gasteiger charge is -2.12. The van der Waals surface area contributed by atoms with Gasteiger partial charge in [0.1, 0.15) is 18.1 Å². The normalized spacial score (nSPS) is 11.3. The quantitative estimate of drug-likeness (QED) is 0.495. The molecule has 1 amide bonds. The highest BCUT2D eigenvalue weighted by Gasteiger charge is 2.07. The summed E-state index contributed by atoms with van der Waals surface area (Å²) in [6.45, 7) is 5.81. The average Bonchev–Trinajstić information content (AvgIpc) is 3.10. The Morgan fingerprint density at radius 2 is 2.08 bits per heavy atom. The molecule has 0 spiro atoms. The number of methoxy groups -OCH3 is 1. The number of hydrogen-bond acceptors (Lipinski definition) is 4. The van der Waals surface area contributed by atoms with Crippen LogP contribution in [0.1, 0.15) is 34.4 Å². The van der Waals surface area contributed by atoms with Crippen LogP contribution in [0.2, 0.25) is 0 Å². The van der Waals surface area contributed by atoms with Gasteiger partial charge >= 0.3 is 0 Å². The van der Waals surface area contributed by atoms with Crippen LogP contribution in [0.5, 0.6) is 5.75 Å². The molecule has 1 aromatic carbocycles. The topological polar surface area (TPSA) is 102 Å². The molecule has 0 saturated carbocycles. The zero-order chi connectivity index (χ0) is 18.9. The second-order valence-corrected chi connectivity index (χ2v) is 5.81. The van der Waals surface area contributed by atoms with Crippen LogP contribution in [-0.4, -0.2) is 32.1 Å². The van der Waals surface area contributed by atoms with Gasteiger partial charge in [0.25, 0.3) is 5.91 Å². The Hall–Kier alpha value is -2.96. The summed E-state index contributed by atoms with van der Waals surface area (Å²) in [5.41, 5.74) is 7.49. The van der Waals surface area contributed by atoms with Crippen molar-refractivity contribution in [2.24, 2.45) is 10.7 Å². The standard InChI is InChI=1S/C19H26N4O3/c1-4-21-19(23-12-15-7-8-16(26-15)18(20)24)22-10-9-14-6-5-13(2)17(11-14)25-3/h5-8,11H,4,9-10,12H2,1-3H3,(H2,20,24)(H2,21,22,23). The predicted molar refractivity (Wildman–Crippen MR) is 101 cm³/mol. The Kier molecular flexibility index (Phi) is 7.08. The Bertz CT molecular complexity index is 768. The van der Waals surface area contributed by atoms with E-state index < -0.39 is 5.91 Å². The van der Waals surface area contributed by atoms with Crippen LogP contribution in [0.3, 0.4) is 0 Å². The molecule has 0 unspecified atom stereocenters. The average molecular weight is 358 g/mol. The van der Waals surface area contributed by atoms with Crippen LogP contribution in [0.15, 0.2) is 39.7 Å². The highest BCUT2D eigenvalue weighted by molar-refractivity contribution is 5.89.